The highest BCUT2D eigenvalue weighted by atomic mass is 16.5. The maximum Gasteiger partial charge on any atom is 0.339 e. The van der Waals surface area contributed by atoms with Crippen LogP contribution in [-0.2, 0) is 11.2 Å². The summed E-state index contributed by atoms with van der Waals surface area (Å²) >= 11 is 0. The molecule has 3 nitrogen and oxygen atoms in total. The van der Waals surface area contributed by atoms with Crippen LogP contribution in [-0.4, -0.2) is 11.8 Å². The Bertz CT molecular complexity index is 776. The van der Waals surface area contributed by atoms with E-state index in [9.17, 15) is 9.59 Å². The summed E-state index contributed by atoms with van der Waals surface area (Å²) in [6.45, 7) is 1.95. The first-order valence-corrected chi connectivity index (χ1v) is 7.09. The molecule has 0 unspecified atom stereocenters. The van der Waals surface area contributed by atoms with Gasteiger partial charge in [-0.2, -0.15) is 0 Å². The summed E-state index contributed by atoms with van der Waals surface area (Å²) in [4.78, 5) is 24.7. The molecule has 0 bridgehead atoms. The molecule has 1 aliphatic carbocycles. The van der Waals surface area contributed by atoms with E-state index in [1.54, 1.807) is 6.07 Å². The topological polar surface area (TPSA) is 43.4 Å². The number of hydrogen-bond acceptors (Lipinski definition) is 3. The van der Waals surface area contributed by atoms with Gasteiger partial charge in [-0.3, -0.25) is 4.79 Å². The molecule has 0 N–H and O–H groups in total. The lowest BCUT2D eigenvalue weighted by molar-refractivity contribution is 0.0252. The number of carbonyl (C=O) groups excluding carboxylic acids is 2. The summed E-state index contributed by atoms with van der Waals surface area (Å²) in [5, 5.41) is 0. The van der Waals surface area contributed by atoms with E-state index in [0.717, 1.165) is 22.3 Å². The minimum Gasteiger partial charge on any atom is -0.453 e. The monoisotopic (exact) mass is 278 g/mol. The van der Waals surface area contributed by atoms with E-state index in [0.29, 0.717) is 12.0 Å². The summed E-state index contributed by atoms with van der Waals surface area (Å²) in [5.74, 6) is -0.526. The van der Waals surface area contributed by atoms with Crippen LogP contribution in [0, 0.1) is 12.8 Å². The zero-order chi connectivity index (χ0) is 14.6. The molecule has 2 aliphatic rings. The van der Waals surface area contributed by atoms with Crippen molar-refractivity contribution < 1.29 is 14.3 Å². The lowest BCUT2D eigenvalue weighted by Crippen LogP contribution is -2.19. The molecule has 3 heteroatoms. The lowest BCUT2D eigenvalue weighted by Gasteiger charge is -2.16. The number of rotatable bonds is 1. The fraction of sp³-hybridized carbons (Fsp3) is 0.222. The van der Waals surface area contributed by atoms with Crippen molar-refractivity contribution in [1.29, 1.82) is 0 Å². The van der Waals surface area contributed by atoms with Crippen LogP contribution >= 0.6 is 0 Å². The maximum absolute atomic E-state index is 12.7. The average Bonchev–Trinajstić information content (AvgIpc) is 2.99. The van der Waals surface area contributed by atoms with Crippen molar-refractivity contribution in [2.45, 2.75) is 19.4 Å². The number of aryl methyl sites for hydroxylation is 1. The van der Waals surface area contributed by atoms with Crippen molar-refractivity contribution in [2.75, 3.05) is 0 Å². The second-order valence-corrected chi connectivity index (χ2v) is 5.70. The highest BCUT2D eigenvalue weighted by Crippen LogP contribution is 2.42. The molecule has 2 aromatic carbocycles. The second-order valence-electron chi connectivity index (χ2n) is 5.70. The molecule has 0 saturated carbocycles. The number of esters is 1. The number of benzene rings is 2. The Morgan fingerprint density at radius 2 is 1.86 bits per heavy atom. The van der Waals surface area contributed by atoms with Crippen molar-refractivity contribution >= 4 is 11.8 Å². The molecule has 2 atom stereocenters. The van der Waals surface area contributed by atoms with Crippen molar-refractivity contribution in [3.8, 4) is 0 Å². The number of cyclic esters (lactones) is 1. The number of Topliss-reactive ketones (excluding diaryl/α,β-unsaturated/α-hetero) is 1. The minimum atomic E-state index is -0.451. The Labute approximate surface area is 122 Å². The van der Waals surface area contributed by atoms with Gasteiger partial charge in [0.05, 0.1) is 11.5 Å². The van der Waals surface area contributed by atoms with E-state index in [-0.39, 0.29) is 17.7 Å². The molecule has 0 radical (unpaired) electrons. The number of ether oxygens (including phenoxy) is 1. The zero-order valence-electron chi connectivity index (χ0n) is 11.6. The van der Waals surface area contributed by atoms with E-state index in [4.69, 9.17) is 4.74 Å². The van der Waals surface area contributed by atoms with E-state index in [2.05, 4.69) is 0 Å². The first kappa shape index (κ1) is 12.3. The lowest BCUT2D eigenvalue weighted by atomic mass is 9.91. The first-order chi connectivity index (χ1) is 10.2. The average molecular weight is 278 g/mol. The third-order valence-electron chi connectivity index (χ3n) is 4.47. The van der Waals surface area contributed by atoms with Crippen LogP contribution in [0.1, 0.15) is 43.5 Å². The highest BCUT2D eigenvalue weighted by Gasteiger charge is 2.44. The molecule has 1 heterocycles. The molecule has 0 fully saturated rings. The number of fused-ring (bicyclic) bond motifs is 2. The van der Waals surface area contributed by atoms with Crippen LogP contribution in [0.15, 0.2) is 42.5 Å². The van der Waals surface area contributed by atoms with Gasteiger partial charge in [-0.25, -0.2) is 4.79 Å². The minimum absolute atomic E-state index is 0.0950. The van der Waals surface area contributed by atoms with Gasteiger partial charge in [0.15, 0.2) is 5.78 Å². The predicted molar refractivity (Wildman–Crippen MR) is 77.3 cm³/mol. The quantitative estimate of drug-likeness (QED) is 0.752. The van der Waals surface area contributed by atoms with Crippen molar-refractivity contribution in [2.24, 2.45) is 5.92 Å². The molecule has 2 aromatic rings. The summed E-state index contributed by atoms with van der Waals surface area (Å²) in [6.07, 6.45) is 0.190. The van der Waals surface area contributed by atoms with Crippen LogP contribution < -0.4 is 0 Å². The third kappa shape index (κ3) is 1.67. The molecule has 0 spiro atoms. The fourth-order valence-electron chi connectivity index (χ4n) is 3.48. The molecule has 1 aliphatic heterocycles. The number of ketones is 1. The van der Waals surface area contributed by atoms with E-state index in [1.165, 1.54) is 0 Å². The maximum atomic E-state index is 12.7. The van der Waals surface area contributed by atoms with Crippen LogP contribution in [0.2, 0.25) is 0 Å². The van der Waals surface area contributed by atoms with Gasteiger partial charge in [0.25, 0.3) is 0 Å². The Hall–Kier alpha value is -2.42. The Balaban J connectivity index is 1.77. The molecule has 0 aromatic heterocycles. The molecule has 0 amide bonds. The molecule has 104 valence electrons. The Morgan fingerprint density at radius 1 is 1.05 bits per heavy atom. The van der Waals surface area contributed by atoms with Gasteiger partial charge in [-0.05, 0) is 30.5 Å². The molecular formula is C18H14O3. The number of carbonyl (C=O) groups is 2. The van der Waals surface area contributed by atoms with Gasteiger partial charge in [0.2, 0.25) is 0 Å². The van der Waals surface area contributed by atoms with E-state index in [1.807, 2.05) is 43.3 Å². The van der Waals surface area contributed by atoms with Gasteiger partial charge in [0.1, 0.15) is 6.10 Å². The summed E-state index contributed by atoms with van der Waals surface area (Å²) in [6, 6.07) is 13.3. The Morgan fingerprint density at radius 3 is 2.67 bits per heavy atom. The Kier molecular flexibility index (Phi) is 2.52. The van der Waals surface area contributed by atoms with Crippen LogP contribution in [0.4, 0.5) is 0 Å². The van der Waals surface area contributed by atoms with Gasteiger partial charge < -0.3 is 4.74 Å². The predicted octanol–water partition coefficient (Wildman–Crippen LogP) is 3.26. The van der Waals surface area contributed by atoms with E-state index >= 15 is 0 Å². The summed E-state index contributed by atoms with van der Waals surface area (Å²) in [7, 11) is 0. The van der Waals surface area contributed by atoms with Crippen molar-refractivity contribution in [3.63, 3.8) is 0 Å². The second kappa shape index (κ2) is 4.29. The SMILES string of the molecule is Cc1cccc2c1C(=O)[C@H]([C@H]1OC(=O)c3ccccc31)C2. The van der Waals surface area contributed by atoms with Gasteiger partial charge in [-0.1, -0.05) is 36.4 Å². The fourth-order valence-corrected chi connectivity index (χ4v) is 3.48. The smallest absolute Gasteiger partial charge is 0.339 e. The van der Waals surface area contributed by atoms with Crippen LogP contribution in [0.5, 0.6) is 0 Å². The first-order valence-electron chi connectivity index (χ1n) is 7.09. The van der Waals surface area contributed by atoms with Crippen LogP contribution in [0.3, 0.4) is 0 Å². The molecular weight excluding hydrogens is 264 g/mol. The third-order valence-corrected chi connectivity index (χ3v) is 4.47. The largest absolute Gasteiger partial charge is 0.453 e. The number of hydrogen-bond donors (Lipinski definition) is 0. The van der Waals surface area contributed by atoms with Crippen molar-refractivity contribution in [1.82, 2.24) is 0 Å². The highest BCUT2D eigenvalue weighted by molar-refractivity contribution is 6.05. The van der Waals surface area contributed by atoms with Gasteiger partial charge in [-0.15, -0.1) is 0 Å². The van der Waals surface area contributed by atoms with Gasteiger partial charge >= 0.3 is 5.97 Å². The van der Waals surface area contributed by atoms with Crippen LogP contribution in [0.25, 0.3) is 0 Å². The van der Waals surface area contributed by atoms with Gasteiger partial charge in [0, 0.05) is 11.1 Å². The standard InChI is InChI=1S/C18H14O3/c1-10-5-4-6-11-9-14(16(19)15(10)11)17-12-7-2-3-8-13(12)18(20)21-17/h2-8,14,17H,9H2,1H3/t14-,17+/m1/s1. The summed E-state index contributed by atoms with van der Waals surface area (Å²) in [5.41, 5.74) is 4.29. The normalized spacial score (nSPS) is 22.9. The molecule has 0 saturated heterocycles. The summed E-state index contributed by atoms with van der Waals surface area (Å²) < 4.78 is 5.50. The van der Waals surface area contributed by atoms with Crippen molar-refractivity contribution in [3.05, 3.63) is 70.3 Å². The van der Waals surface area contributed by atoms with E-state index < -0.39 is 6.10 Å². The zero-order valence-corrected chi connectivity index (χ0v) is 11.6. The molecule has 4 rings (SSSR count). The molecule has 21 heavy (non-hydrogen) atoms.